The third-order valence-corrected chi connectivity index (χ3v) is 2.46. The second-order valence-corrected chi connectivity index (χ2v) is 3.93. The van der Waals surface area contributed by atoms with Crippen LogP contribution in [0, 0.1) is 0 Å². The number of amides is 2. The summed E-state index contributed by atoms with van der Waals surface area (Å²) >= 11 is 0. The number of phenols is 2. The second-order valence-electron chi connectivity index (χ2n) is 3.93. The number of benzene rings is 1. The van der Waals surface area contributed by atoms with Crippen molar-refractivity contribution in [2.75, 3.05) is 5.32 Å². The molecular weight excluding hydrogens is 262 g/mol. The Balaban J connectivity index is 2.24. The lowest BCUT2D eigenvalue weighted by Crippen LogP contribution is -2.18. The molecule has 2 amide bonds. The maximum Gasteiger partial charge on any atom is 0.274 e. The van der Waals surface area contributed by atoms with E-state index in [1.807, 2.05) is 0 Å². The summed E-state index contributed by atoms with van der Waals surface area (Å²) in [5.74, 6) is -1.78. The average Bonchev–Trinajstić information content (AvgIpc) is 2.42. The van der Waals surface area contributed by atoms with Crippen LogP contribution in [-0.4, -0.2) is 27.0 Å². The summed E-state index contributed by atoms with van der Waals surface area (Å²) in [5, 5.41) is 21.1. The molecule has 0 aliphatic heterocycles. The zero-order chi connectivity index (χ0) is 14.7. The van der Waals surface area contributed by atoms with Gasteiger partial charge in [-0.25, -0.2) is 4.98 Å². The number of hydrogen-bond donors (Lipinski definition) is 4. The molecule has 2 rings (SSSR count). The van der Waals surface area contributed by atoms with Crippen LogP contribution in [0.3, 0.4) is 0 Å². The van der Waals surface area contributed by atoms with Gasteiger partial charge in [0.15, 0.2) is 0 Å². The van der Waals surface area contributed by atoms with Crippen molar-refractivity contribution in [1.29, 1.82) is 0 Å². The summed E-state index contributed by atoms with van der Waals surface area (Å²) in [6, 6.07) is 7.99. The van der Waals surface area contributed by atoms with Crippen LogP contribution in [0.15, 0.2) is 36.4 Å². The summed E-state index contributed by atoms with van der Waals surface area (Å²) in [4.78, 5) is 26.7. The fourth-order valence-corrected chi connectivity index (χ4v) is 1.51. The number of nitrogens with zero attached hydrogens (tertiary/aromatic N) is 1. The quantitative estimate of drug-likeness (QED) is 0.487. The molecule has 0 fully saturated rings. The van der Waals surface area contributed by atoms with Crippen LogP contribution >= 0.6 is 0 Å². The number of nitrogens with two attached hydrogens (primary N) is 1. The SMILES string of the molecule is NC(=O)c1cccc(C(=O)Nc2ccc(O)cc2O)n1. The maximum atomic E-state index is 11.9. The molecule has 0 unspecified atom stereocenters. The Morgan fingerprint density at radius 3 is 2.45 bits per heavy atom. The molecule has 0 spiro atoms. The second kappa shape index (κ2) is 5.27. The molecule has 0 aliphatic rings. The fraction of sp³-hybridized carbons (Fsp3) is 0. The van der Waals surface area contributed by atoms with E-state index in [4.69, 9.17) is 10.8 Å². The van der Waals surface area contributed by atoms with Gasteiger partial charge in [-0.05, 0) is 24.3 Å². The van der Waals surface area contributed by atoms with Crippen LogP contribution in [0.1, 0.15) is 21.0 Å². The van der Waals surface area contributed by atoms with Crippen molar-refractivity contribution in [2.24, 2.45) is 5.73 Å². The standard InChI is InChI=1S/C13H11N3O4/c14-12(19)9-2-1-3-10(15-9)13(20)16-8-5-4-7(17)6-11(8)18/h1-6,17-18H,(H2,14,19)(H,16,20). The molecule has 0 bridgehead atoms. The number of pyridine rings is 1. The number of aromatic hydroxyl groups is 2. The third-order valence-electron chi connectivity index (χ3n) is 2.46. The van der Waals surface area contributed by atoms with Crippen molar-refractivity contribution in [2.45, 2.75) is 0 Å². The van der Waals surface area contributed by atoms with E-state index in [0.29, 0.717) is 0 Å². The molecule has 1 aromatic heterocycles. The van der Waals surface area contributed by atoms with Crippen molar-refractivity contribution in [3.05, 3.63) is 47.8 Å². The van der Waals surface area contributed by atoms with Gasteiger partial charge in [0.1, 0.15) is 22.9 Å². The number of primary amides is 1. The topological polar surface area (TPSA) is 126 Å². The van der Waals surface area contributed by atoms with Gasteiger partial charge in [0.25, 0.3) is 11.8 Å². The first kappa shape index (κ1) is 13.3. The van der Waals surface area contributed by atoms with E-state index in [2.05, 4.69) is 10.3 Å². The molecule has 1 aromatic carbocycles. The summed E-state index contributed by atoms with van der Waals surface area (Å²) in [7, 11) is 0. The van der Waals surface area contributed by atoms with Crippen LogP contribution in [0.5, 0.6) is 11.5 Å². The summed E-state index contributed by atoms with van der Waals surface area (Å²) < 4.78 is 0. The molecule has 0 radical (unpaired) electrons. The van der Waals surface area contributed by atoms with Gasteiger partial charge in [0.05, 0.1) is 5.69 Å². The van der Waals surface area contributed by atoms with Crippen molar-refractivity contribution < 1.29 is 19.8 Å². The first-order valence-corrected chi connectivity index (χ1v) is 5.57. The maximum absolute atomic E-state index is 11.9. The van der Waals surface area contributed by atoms with E-state index in [9.17, 15) is 14.7 Å². The van der Waals surface area contributed by atoms with Crippen LogP contribution in [0.25, 0.3) is 0 Å². The molecule has 7 heteroatoms. The van der Waals surface area contributed by atoms with Crippen molar-refractivity contribution in [1.82, 2.24) is 4.98 Å². The van der Waals surface area contributed by atoms with E-state index >= 15 is 0 Å². The Morgan fingerprint density at radius 2 is 1.80 bits per heavy atom. The Labute approximate surface area is 113 Å². The van der Waals surface area contributed by atoms with E-state index in [0.717, 1.165) is 6.07 Å². The number of phenolic OH excluding ortho intramolecular Hbond substituents is 2. The normalized spacial score (nSPS) is 10.0. The Morgan fingerprint density at radius 1 is 1.10 bits per heavy atom. The molecule has 1 heterocycles. The zero-order valence-corrected chi connectivity index (χ0v) is 10.2. The number of carbonyl (C=O) groups excluding carboxylic acids is 2. The minimum Gasteiger partial charge on any atom is -0.508 e. The van der Waals surface area contributed by atoms with Gasteiger partial charge in [0, 0.05) is 6.07 Å². The molecule has 7 nitrogen and oxygen atoms in total. The molecule has 5 N–H and O–H groups in total. The van der Waals surface area contributed by atoms with Gasteiger partial charge >= 0.3 is 0 Å². The molecule has 0 aliphatic carbocycles. The van der Waals surface area contributed by atoms with Gasteiger partial charge in [-0.2, -0.15) is 0 Å². The Kier molecular flexibility index (Phi) is 3.52. The number of carbonyl (C=O) groups is 2. The lowest BCUT2D eigenvalue weighted by atomic mass is 10.2. The van der Waals surface area contributed by atoms with E-state index in [1.165, 1.54) is 30.3 Å². The summed E-state index contributed by atoms with van der Waals surface area (Å²) in [5.41, 5.74) is 5.13. The van der Waals surface area contributed by atoms with Crippen molar-refractivity contribution in [3.8, 4) is 11.5 Å². The van der Waals surface area contributed by atoms with Crippen molar-refractivity contribution >= 4 is 17.5 Å². The lowest BCUT2D eigenvalue weighted by Gasteiger charge is -2.07. The molecule has 0 saturated carbocycles. The molecule has 20 heavy (non-hydrogen) atoms. The third kappa shape index (κ3) is 2.83. The predicted octanol–water partition coefficient (Wildman–Crippen LogP) is 0.844. The van der Waals surface area contributed by atoms with Crippen molar-refractivity contribution in [3.63, 3.8) is 0 Å². The highest BCUT2D eigenvalue weighted by atomic mass is 16.3. The summed E-state index contributed by atoms with van der Waals surface area (Å²) in [6.07, 6.45) is 0. The average molecular weight is 273 g/mol. The highest BCUT2D eigenvalue weighted by Gasteiger charge is 2.12. The fourth-order valence-electron chi connectivity index (χ4n) is 1.51. The number of anilines is 1. The zero-order valence-electron chi connectivity index (χ0n) is 10.2. The minimum atomic E-state index is -0.743. The smallest absolute Gasteiger partial charge is 0.274 e. The highest BCUT2D eigenvalue weighted by molar-refractivity contribution is 6.04. The Hall–Kier alpha value is -3.09. The van der Waals surface area contributed by atoms with Gasteiger partial charge in [-0.3, -0.25) is 9.59 Å². The summed E-state index contributed by atoms with van der Waals surface area (Å²) in [6.45, 7) is 0. The van der Waals surface area contributed by atoms with E-state index < -0.39 is 11.8 Å². The van der Waals surface area contributed by atoms with Crippen LogP contribution in [0.4, 0.5) is 5.69 Å². The highest BCUT2D eigenvalue weighted by Crippen LogP contribution is 2.27. The number of aromatic nitrogens is 1. The minimum absolute atomic E-state index is 0.0197. The van der Waals surface area contributed by atoms with Crippen LogP contribution in [-0.2, 0) is 0 Å². The Bertz CT molecular complexity index is 685. The van der Waals surface area contributed by atoms with Gasteiger partial charge in [-0.15, -0.1) is 0 Å². The lowest BCUT2D eigenvalue weighted by molar-refractivity contribution is 0.0995. The molecule has 102 valence electrons. The van der Waals surface area contributed by atoms with Gasteiger partial charge in [0.2, 0.25) is 0 Å². The van der Waals surface area contributed by atoms with Crippen LogP contribution in [0.2, 0.25) is 0 Å². The van der Waals surface area contributed by atoms with Gasteiger partial charge < -0.3 is 21.3 Å². The molecule has 2 aromatic rings. The number of nitrogens with one attached hydrogen (secondary N) is 1. The molecular formula is C13H11N3O4. The largest absolute Gasteiger partial charge is 0.508 e. The van der Waals surface area contributed by atoms with Gasteiger partial charge in [-0.1, -0.05) is 6.07 Å². The van der Waals surface area contributed by atoms with Crippen LogP contribution < -0.4 is 11.1 Å². The first-order chi connectivity index (χ1) is 9.47. The molecule has 0 atom stereocenters. The van der Waals surface area contributed by atoms with E-state index in [-0.39, 0.29) is 28.6 Å². The number of hydrogen-bond acceptors (Lipinski definition) is 5. The molecule has 0 saturated heterocycles. The monoisotopic (exact) mass is 273 g/mol. The number of rotatable bonds is 3. The van der Waals surface area contributed by atoms with E-state index in [1.54, 1.807) is 0 Å². The first-order valence-electron chi connectivity index (χ1n) is 5.57. The predicted molar refractivity (Wildman–Crippen MR) is 70.5 cm³/mol.